The van der Waals surface area contributed by atoms with Crippen molar-refractivity contribution in [3.8, 4) is 0 Å². The van der Waals surface area contributed by atoms with Gasteiger partial charge in [0.25, 0.3) is 5.69 Å². The zero-order valence-corrected chi connectivity index (χ0v) is 16.4. The normalized spacial score (nSPS) is 29.8. The van der Waals surface area contributed by atoms with Gasteiger partial charge in [-0.1, -0.05) is 24.4 Å². The van der Waals surface area contributed by atoms with E-state index in [9.17, 15) is 14.9 Å². The molecule has 7 heteroatoms. The van der Waals surface area contributed by atoms with Crippen molar-refractivity contribution in [2.75, 3.05) is 13.1 Å². The highest BCUT2D eigenvalue weighted by Crippen LogP contribution is 2.41. The monoisotopic (exact) mass is 391 g/mol. The molecule has 1 aliphatic carbocycles. The Bertz CT molecular complexity index is 778. The Labute approximate surface area is 164 Å². The maximum Gasteiger partial charge on any atom is 0.274 e. The molecule has 2 atom stereocenters. The van der Waals surface area contributed by atoms with Crippen molar-refractivity contribution in [3.63, 3.8) is 0 Å². The molecular weight excluding hydrogens is 366 g/mol. The molecule has 2 saturated heterocycles. The summed E-state index contributed by atoms with van der Waals surface area (Å²) in [7, 11) is 0. The van der Waals surface area contributed by atoms with Crippen molar-refractivity contribution in [1.82, 2.24) is 10.2 Å². The number of hydrogen-bond acceptors (Lipinski definition) is 5. The Morgan fingerprint density at radius 1 is 1.37 bits per heavy atom. The van der Waals surface area contributed by atoms with E-state index in [0.29, 0.717) is 23.0 Å². The average molecular weight is 392 g/mol. The van der Waals surface area contributed by atoms with Crippen LogP contribution in [0.1, 0.15) is 49.7 Å². The van der Waals surface area contributed by atoms with E-state index in [1.165, 1.54) is 12.4 Å². The fourth-order valence-corrected chi connectivity index (χ4v) is 5.71. The van der Waals surface area contributed by atoms with Gasteiger partial charge in [0.1, 0.15) is 6.29 Å². The first-order chi connectivity index (χ1) is 12.9. The van der Waals surface area contributed by atoms with Crippen LogP contribution in [0.3, 0.4) is 0 Å². The first kappa shape index (κ1) is 18.8. The Morgan fingerprint density at radius 2 is 2.11 bits per heavy atom. The van der Waals surface area contributed by atoms with Crippen molar-refractivity contribution in [2.24, 2.45) is 0 Å². The number of piperazine rings is 1. The molecule has 3 fully saturated rings. The molecule has 0 amide bonds. The number of fused-ring (bicyclic) bond motifs is 2. The molecule has 27 heavy (non-hydrogen) atoms. The number of carbonyl (C=O) groups is 1. The standard InChI is InChI=1S/C20H26ClN3O3/c1-14-15(8-16(21)9-18(14)24(26)27)10-19-7-4-17(22-19)11-23(12-19)20(13-25)5-2-3-6-20/h8-9,13,17,22H,2-7,10-12H2,1H3. The SMILES string of the molecule is Cc1c(CC23CCC(CN(C4(C=O)CCCC4)C2)N3)cc(Cl)cc1[N+](=O)[O-]. The van der Waals surface area contributed by atoms with Crippen LogP contribution in [0.15, 0.2) is 12.1 Å². The summed E-state index contributed by atoms with van der Waals surface area (Å²) >= 11 is 6.18. The molecule has 0 radical (unpaired) electrons. The number of halogens is 1. The van der Waals surface area contributed by atoms with Gasteiger partial charge in [-0.15, -0.1) is 0 Å². The Hall–Kier alpha value is -1.50. The number of nitrogens with zero attached hydrogens (tertiary/aromatic N) is 2. The van der Waals surface area contributed by atoms with Gasteiger partial charge >= 0.3 is 0 Å². The Morgan fingerprint density at radius 3 is 2.78 bits per heavy atom. The molecule has 0 spiro atoms. The summed E-state index contributed by atoms with van der Waals surface area (Å²) < 4.78 is 0. The molecule has 1 aromatic carbocycles. The van der Waals surface area contributed by atoms with Crippen LogP contribution in [0.2, 0.25) is 5.02 Å². The third kappa shape index (κ3) is 3.28. The third-order valence-electron chi connectivity index (χ3n) is 6.91. The molecule has 6 nitrogen and oxygen atoms in total. The van der Waals surface area contributed by atoms with Crippen LogP contribution >= 0.6 is 11.6 Å². The zero-order chi connectivity index (χ0) is 19.2. The lowest BCUT2D eigenvalue weighted by Gasteiger charge is -2.48. The van der Waals surface area contributed by atoms with Crippen molar-refractivity contribution in [1.29, 1.82) is 0 Å². The van der Waals surface area contributed by atoms with Gasteiger partial charge in [0, 0.05) is 41.3 Å². The Balaban J connectivity index is 1.64. The lowest BCUT2D eigenvalue weighted by Crippen LogP contribution is -2.66. The largest absolute Gasteiger partial charge is 0.306 e. The van der Waals surface area contributed by atoms with Gasteiger partial charge in [-0.25, -0.2) is 0 Å². The predicted octanol–water partition coefficient (Wildman–Crippen LogP) is 3.42. The van der Waals surface area contributed by atoms with Crippen LogP contribution in [0, 0.1) is 17.0 Å². The maximum atomic E-state index is 12.0. The van der Waals surface area contributed by atoms with Gasteiger partial charge in [0.2, 0.25) is 0 Å². The summed E-state index contributed by atoms with van der Waals surface area (Å²) in [6.07, 6.45) is 8.08. The molecule has 2 heterocycles. The van der Waals surface area contributed by atoms with Crippen molar-refractivity contribution >= 4 is 23.6 Å². The zero-order valence-electron chi connectivity index (χ0n) is 15.7. The summed E-state index contributed by atoms with van der Waals surface area (Å²) in [6.45, 7) is 3.52. The fraction of sp³-hybridized carbons (Fsp3) is 0.650. The number of benzene rings is 1. The average Bonchev–Trinajstić information content (AvgIpc) is 3.23. The minimum absolute atomic E-state index is 0.0799. The summed E-state index contributed by atoms with van der Waals surface area (Å²) in [5.41, 5.74) is 1.23. The number of likely N-dealkylation sites (tertiary alicyclic amines) is 1. The second kappa shape index (κ2) is 6.83. The topological polar surface area (TPSA) is 75.5 Å². The van der Waals surface area contributed by atoms with Gasteiger partial charge in [-0.05, 0) is 50.7 Å². The second-order valence-corrected chi connectivity index (χ2v) is 9.05. The first-order valence-electron chi connectivity index (χ1n) is 9.79. The van der Waals surface area contributed by atoms with E-state index in [1.807, 2.05) is 6.07 Å². The number of nitrogens with one attached hydrogen (secondary N) is 1. The quantitative estimate of drug-likeness (QED) is 0.473. The van der Waals surface area contributed by atoms with E-state index in [1.54, 1.807) is 6.92 Å². The molecule has 3 aliphatic rings. The lowest BCUT2D eigenvalue weighted by molar-refractivity contribution is -0.385. The van der Waals surface area contributed by atoms with Crippen LogP contribution in [-0.2, 0) is 11.2 Å². The molecule has 2 unspecified atom stereocenters. The molecule has 1 saturated carbocycles. The number of nitro benzene ring substituents is 1. The number of hydrogen-bond donors (Lipinski definition) is 1. The summed E-state index contributed by atoms with van der Waals surface area (Å²) in [6, 6.07) is 3.67. The van der Waals surface area contributed by atoms with Crippen molar-refractivity contribution < 1.29 is 9.72 Å². The summed E-state index contributed by atoms with van der Waals surface area (Å²) in [5.74, 6) is 0. The minimum atomic E-state index is -0.361. The Kier molecular flexibility index (Phi) is 4.77. The highest BCUT2D eigenvalue weighted by atomic mass is 35.5. The molecule has 1 aromatic rings. The van der Waals surface area contributed by atoms with Crippen LogP contribution in [0.5, 0.6) is 0 Å². The molecule has 4 rings (SSSR count). The second-order valence-electron chi connectivity index (χ2n) is 8.61. The maximum absolute atomic E-state index is 12.0. The van der Waals surface area contributed by atoms with Gasteiger partial charge in [-0.3, -0.25) is 15.0 Å². The third-order valence-corrected chi connectivity index (χ3v) is 7.13. The van der Waals surface area contributed by atoms with Crippen LogP contribution in [-0.4, -0.2) is 46.3 Å². The molecule has 0 aromatic heterocycles. The van der Waals surface area contributed by atoms with Gasteiger partial charge in [-0.2, -0.15) is 0 Å². The smallest absolute Gasteiger partial charge is 0.274 e. The number of carbonyl (C=O) groups excluding carboxylic acids is 1. The van der Waals surface area contributed by atoms with Crippen molar-refractivity contribution in [3.05, 3.63) is 38.4 Å². The van der Waals surface area contributed by atoms with E-state index in [0.717, 1.165) is 57.2 Å². The van der Waals surface area contributed by atoms with E-state index >= 15 is 0 Å². The van der Waals surface area contributed by atoms with E-state index in [2.05, 4.69) is 10.2 Å². The van der Waals surface area contributed by atoms with Gasteiger partial charge < -0.3 is 10.1 Å². The highest BCUT2D eigenvalue weighted by molar-refractivity contribution is 6.30. The highest BCUT2D eigenvalue weighted by Gasteiger charge is 2.51. The molecule has 146 valence electrons. The molecule has 2 aliphatic heterocycles. The number of nitro groups is 1. The summed E-state index contributed by atoms with van der Waals surface area (Å²) in [4.78, 5) is 25.4. The van der Waals surface area contributed by atoms with Crippen LogP contribution in [0.4, 0.5) is 5.69 Å². The molecule has 1 N–H and O–H groups in total. The van der Waals surface area contributed by atoms with Gasteiger partial charge in [0.15, 0.2) is 0 Å². The molecular formula is C20H26ClN3O3. The van der Waals surface area contributed by atoms with E-state index < -0.39 is 0 Å². The lowest BCUT2D eigenvalue weighted by atomic mass is 9.84. The predicted molar refractivity (Wildman–Crippen MR) is 104 cm³/mol. The molecule has 2 bridgehead atoms. The van der Waals surface area contributed by atoms with Crippen LogP contribution < -0.4 is 5.32 Å². The van der Waals surface area contributed by atoms with E-state index in [-0.39, 0.29) is 21.7 Å². The van der Waals surface area contributed by atoms with Gasteiger partial charge in [0.05, 0.1) is 10.5 Å². The van der Waals surface area contributed by atoms with E-state index in [4.69, 9.17) is 11.6 Å². The van der Waals surface area contributed by atoms with Crippen molar-refractivity contribution in [2.45, 2.75) is 69.0 Å². The van der Waals surface area contributed by atoms with Crippen LogP contribution in [0.25, 0.3) is 0 Å². The number of rotatable bonds is 5. The summed E-state index contributed by atoms with van der Waals surface area (Å²) in [5, 5.41) is 15.5. The number of aldehydes is 1. The fourth-order valence-electron chi connectivity index (χ4n) is 5.47. The minimum Gasteiger partial charge on any atom is -0.306 e. The first-order valence-corrected chi connectivity index (χ1v) is 10.2.